The fourth-order valence-electron chi connectivity index (χ4n) is 3.41. The van der Waals surface area contributed by atoms with E-state index in [0.717, 1.165) is 26.5 Å². The number of benzene rings is 2. The van der Waals surface area contributed by atoms with Crippen LogP contribution in [0.1, 0.15) is 56.2 Å². The first-order chi connectivity index (χ1) is 14.0. The zero-order chi connectivity index (χ0) is 22.2. The number of amides is 1. The van der Waals surface area contributed by atoms with E-state index in [1.807, 2.05) is 52.0 Å². The van der Waals surface area contributed by atoms with Crippen molar-refractivity contribution in [1.82, 2.24) is 0 Å². The van der Waals surface area contributed by atoms with Crippen LogP contribution in [0, 0.1) is 0 Å². The van der Waals surface area contributed by atoms with E-state index in [2.05, 4.69) is 0 Å². The monoisotopic (exact) mass is 447 g/mol. The number of thioether (sulfide) groups is 1. The Morgan fingerprint density at radius 1 is 1.07 bits per heavy atom. The minimum Gasteiger partial charge on any atom is -0.507 e. The largest absolute Gasteiger partial charge is 0.507 e. The average molecular weight is 447 g/mol. The lowest BCUT2D eigenvalue weighted by Gasteiger charge is -2.30. The molecule has 0 aliphatic carbocycles. The van der Waals surface area contributed by atoms with Crippen LogP contribution >= 0.6 is 19.4 Å². The van der Waals surface area contributed by atoms with Crippen molar-refractivity contribution in [2.75, 3.05) is 11.2 Å². The maximum Gasteiger partial charge on any atom is 0.345 e. The highest BCUT2D eigenvalue weighted by molar-refractivity contribution is 8.04. The van der Waals surface area contributed by atoms with E-state index in [-0.39, 0.29) is 17.6 Å². The van der Waals surface area contributed by atoms with Gasteiger partial charge in [0.25, 0.3) is 5.91 Å². The number of carbonyl (C=O) groups is 1. The van der Waals surface area contributed by atoms with Gasteiger partial charge in [-0.15, -0.1) is 0 Å². The van der Waals surface area contributed by atoms with Gasteiger partial charge >= 0.3 is 7.60 Å². The molecule has 8 heteroatoms. The van der Waals surface area contributed by atoms with Crippen LogP contribution in [0.2, 0.25) is 0 Å². The van der Waals surface area contributed by atoms with Gasteiger partial charge in [0.2, 0.25) is 0 Å². The van der Waals surface area contributed by atoms with E-state index in [1.165, 1.54) is 11.8 Å². The van der Waals surface area contributed by atoms with Crippen molar-refractivity contribution in [3.63, 3.8) is 0 Å². The van der Waals surface area contributed by atoms with Crippen molar-refractivity contribution < 1.29 is 24.3 Å². The van der Waals surface area contributed by atoms with Gasteiger partial charge in [0.15, 0.2) is 0 Å². The Kier molecular flexibility index (Phi) is 6.48. The molecule has 0 spiro atoms. The summed E-state index contributed by atoms with van der Waals surface area (Å²) in [6, 6.07) is 10.8. The Bertz CT molecular complexity index is 1030. The van der Waals surface area contributed by atoms with E-state index in [1.54, 1.807) is 18.2 Å². The van der Waals surface area contributed by atoms with Gasteiger partial charge in [-0.1, -0.05) is 51.6 Å². The minimum atomic E-state index is -4.45. The van der Waals surface area contributed by atoms with Gasteiger partial charge in [-0.3, -0.25) is 14.3 Å². The number of phenolic OH excluding ortho intramolecular Hbond substituents is 1. The fourth-order valence-corrected chi connectivity index (χ4v) is 5.11. The highest BCUT2D eigenvalue weighted by Gasteiger charge is 2.33. The molecule has 0 bridgehead atoms. The quantitative estimate of drug-likeness (QED) is 0.428. The molecule has 30 heavy (non-hydrogen) atoms. The predicted molar refractivity (Wildman–Crippen MR) is 121 cm³/mol. The molecule has 0 saturated carbocycles. The lowest BCUT2D eigenvalue weighted by atomic mass is 9.91. The summed E-state index contributed by atoms with van der Waals surface area (Å²) in [7, 11) is -4.45. The lowest BCUT2D eigenvalue weighted by molar-refractivity contribution is -0.114. The number of phenols is 1. The van der Waals surface area contributed by atoms with Crippen molar-refractivity contribution in [1.29, 1.82) is 0 Å². The van der Waals surface area contributed by atoms with E-state index < -0.39 is 19.8 Å². The molecule has 1 heterocycles. The fraction of sp³-hybridized carbons (Fsp3) is 0.318. The van der Waals surface area contributed by atoms with Gasteiger partial charge in [-0.25, -0.2) is 0 Å². The minimum absolute atomic E-state index is 0.0995. The van der Waals surface area contributed by atoms with Gasteiger partial charge < -0.3 is 14.9 Å². The summed E-state index contributed by atoms with van der Waals surface area (Å²) in [5.41, 5.74) is 2.86. The summed E-state index contributed by atoms with van der Waals surface area (Å²) in [4.78, 5) is 34.3. The molecule has 6 nitrogen and oxygen atoms in total. The number of aromatic hydroxyl groups is 1. The Labute approximate surface area is 180 Å². The molecular formula is C22H26NO5PS. The second-order valence-electron chi connectivity index (χ2n) is 7.98. The Balaban J connectivity index is 2.12. The Hall–Kier alpha value is -2.05. The molecule has 0 radical (unpaired) electrons. The molecule has 1 amide bonds. The highest BCUT2D eigenvalue weighted by atomic mass is 32.2. The number of fused-ring (bicyclic) bond motifs is 1. The summed E-state index contributed by atoms with van der Waals surface area (Å²) in [5, 5.41) is 10.6. The SMILES string of the molecule is CC(C)c1cc(/C=C2\Sc3ccccc3N(CP(=O)(O)O)C2=O)cc(C(C)C)c1O. The molecule has 0 saturated heterocycles. The number of anilines is 1. The number of para-hydroxylation sites is 1. The topological polar surface area (TPSA) is 98.1 Å². The maximum absolute atomic E-state index is 13.1. The molecule has 0 fully saturated rings. The maximum atomic E-state index is 13.1. The Morgan fingerprint density at radius 2 is 1.63 bits per heavy atom. The van der Waals surface area contributed by atoms with Gasteiger partial charge in [0.1, 0.15) is 12.0 Å². The third-order valence-electron chi connectivity index (χ3n) is 4.89. The normalized spacial score (nSPS) is 15.9. The van der Waals surface area contributed by atoms with Gasteiger partial charge in [-0.2, -0.15) is 0 Å². The van der Waals surface area contributed by atoms with Crippen LogP contribution in [-0.4, -0.2) is 27.1 Å². The Morgan fingerprint density at radius 3 is 2.17 bits per heavy atom. The second-order valence-corrected chi connectivity index (χ2v) is 10.7. The van der Waals surface area contributed by atoms with Crippen molar-refractivity contribution >= 4 is 37.0 Å². The van der Waals surface area contributed by atoms with Crippen molar-refractivity contribution in [3.8, 4) is 5.75 Å². The van der Waals surface area contributed by atoms with E-state index in [4.69, 9.17) is 0 Å². The second kappa shape index (κ2) is 8.60. The molecule has 2 aromatic carbocycles. The van der Waals surface area contributed by atoms with Crippen LogP contribution in [0.4, 0.5) is 5.69 Å². The molecule has 160 valence electrons. The zero-order valence-corrected chi connectivity index (χ0v) is 19.1. The molecule has 1 aliphatic rings. The highest BCUT2D eigenvalue weighted by Crippen LogP contribution is 2.46. The van der Waals surface area contributed by atoms with Crippen LogP contribution in [-0.2, 0) is 9.36 Å². The first-order valence-corrected chi connectivity index (χ1v) is 12.3. The third kappa shape index (κ3) is 4.81. The summed E-state index contributed by atoms with van der Waals surface area (Å²) >= 11 is 1.28. The standard InChI is InChI=1S/C22H26NO5PS/c1-13(2)16-9-15(10-17(14(3)4)21(16)24)11-20-22(25)23(12-29(26,27)28)18-7-5-6-8-19(18)30-20/h5-11,13-14,24H,12H2,1-4H3,(H2,26,27,28)/b20-11-. The first kappa shape index (κ1) is 22.6. The molecule has 0 aromatic heterocycles. The molecule has 0 unspecified atom stereocenters. The van der Waals surface area contributed by atoms with Gasteiger partial charge in [0.05, 0.1) is 10.6 Å². The first-order valence-electron chi connectivity index (χ1n) is 9.69. The molecule has 3 N–H and O–H groups in total. The van der Waals surface area contributed by atoms with Crippen molar-refractivity contribution in [2.45, 2.75) is 44.4 Å². The van der Waals surface area contributed by atoms with Crippen LogP contribution in [0.5, 0.6) is 5.75 Å². The molecule has 2 aromatic rings. The molecule has 1 aliphatic heterocycles. The number of rotatable bonds is 5. The molecule has 0 atom stereocenters. The van der Waals surface area contributed by atoms with Gasteiger partial charge in [0, 0.05) is 4.90 Å². The van der Waals surface area contributed by atoms with E-state index >= 15 is 0 Å². The summed E-state index contributed by atoms with van der Waals surface area (Å²) in [5.74, 6) is 0.0235. The third-order valence-corrected chi connectivity index (χ3v) is 6.62. The number of carbonyl (C=O) groups excluding carboxylic acids is 1. The van der Waals surface area contributed by atoms with E-state index in [0.29, 0.717) is 10.6 Å². The van der Waals surface area contributed by atoms with Crippen LogP contribution in [0.3, 0.4) is 0 Å². The van der Waals surface area contributed by atoms with Crippen LogP contribution in [0.15, 0.2) is 46.2 Å². The molecule has 3 rings (SSSR count). The van der Waals surface area contributed by atoms with Crippen LogP contribution < -0.4 is 4.90 Å². The lowest BCUT2D eigenvalue weighted by Crippen LogP contribution is -2.35. The summed E-state index contributed by atoms with van der Waals surface area (Å²) < 4.78 is 11.6. The van der Waals surface area contributed by atoms with E-state index in [9.17, 15) is 24.3 Å². The number of hydrogen-bond donors (Lipinski definition) is 3. The van der Waals surface area contributed by atoms with Crippen molar-refractivity contribution in [2.24, 2.45) is 0 Å². The van der Waals surface area contributed by atoms with Crippen LogP contribution in [0.25, 0.3) is 6.08 Å². The summed E-state index contributed by atoms with van der Waals surface area (Å²) in [6.45, 7) is 7.98. The zero-order valence-electron chi connectivity index (χ0n) is 17.4. The van der Waals surface area contributed by atoms with Gasteiger partial charge in [-0.05, 0) is 58.9 Å². The number of hydrogen-bond acceptors (Lipinski definition) is 4. The summed E-state index contributed by atoms with van der Waals surface area (Å²) in [6.07, 6.45) is 1.05. The van der Waals surface area contributed by atoms with Crippen molar-refractivity contribution in [3.05, 3.63) is 58.0 Å². The smallest absolute Gasteiger partial charge is 0.345 e. The number of nitrogens with zero attached hydrogens (tertiary/aromatic N) is 1. The molecular weight excluding hydrogens is 421 g/mol. The predicted octanol–water partition coefficient (Wildman–Crippen LogP) is 5.25. The average Bonchev–Trinajstić information content (AvgIpc) is 2.65.